The monoisotopic (exact) mass is 308 g/mol. The van der Waals surface area contributed by atoms with Gasteiger partial charge in [-0.3, -0.25) is 0 Å². The van der Waals surface area contributed by atoms with Crippen LogP contribution in [0.15, 0.2) is 24.3 Å². The zero-order valence-corrected chi connectivity index (χ0v) is 12.3. The zero-order valence-electron chi connectivity index (χ0n) is 11.5. The molecule has 0 bridgehead atoms. The lowest BCUT2D eigenvalue weighted by Crippen LogP contribution is -2.17. The predicted molar refractivity (Wildman–Crippen MR) is 75.0 cm³/mol. The Bertz CT molecular complexity index is 392. The second-order valence-electron chi connectivity index (χ2n) is 4.60. The first-order chi connectivity index (χ1) is 9.30. The highest BCUT2D eigenvalue weighted by Crippen LogP contribution is 2.23. The second-order valence-corrected chi connectivity index (χ2v) is 6.07. The summed E-state index contributed by atoms with van der Waals surface area (Å²) >= 11 is 1.69. The highest BCUT2D eigenvalue weighted by molar-refractivity contribution is 7.99. The molecule has 0 aromatic heterocycles. The van der Waals surface area contributed by atoms with Crippen molar-refractivity contribution in [2.75, 3.05) is 5.75 Å². The molecule has 0 heterocycles. The Balaban J connectivity index is 2.44. The summed E-state index contributed by atoms with van der Waals surface area (Å²) in [5.74, 6) is 0.375. The summed E-state index contributed by atoms with van der Waals surface area (Å²) in [4.78, 5) is 0. The zero-order chi connectivity index (χ0) is 15.2. The molecule has 6 heteroatoms. The van der Waals surface area contributed by atoms with Gasteiger partial charge in [-0.15, -0.1) is 13.2 Å². The molecular weight excluding hydrogens is 289 g/mol. The van der Waals surface area contributed by atoms with Gasteiger partial charge in [0.1, 0.15) is 5.75 Å². The van der Waals surface area contributed by atoms with Crippen molar-refractivity contribution in [3.8, 4) is 5.75 Å². The first-order valence-electron chi connectivity index (χ1n) is 6.44. The van der Waals surface area contributed by atoms with E-state index >= 15 is 0 Å². The quantitative estimate of drug-likeness (QED) is 0.825. The van der Waals surface area contributed by atoms with E-state index in [1.165, 1.54) is 24.3 Å². The van der Waals surface area contributed by atoms with Crippen LogP contribution in [0.25, 0.3) is 0 Å². The van der Waals surface area contributed by atoms with Crippen LogP contribution in [0.2, 0.25) is 0 Å². The number of hydrogen-bond acceptors (Lipinski definition) is 3. The van der Waals surface area contributed by atoms with Crippen molar-refractivity contribution in [1.29, 1.82) is 0 Å². The number of benzene rings is 1. The van der Waals surface area contributed by atoms with Crippen LogP contribution in [-0.4, -0.2) is 28.6 Å². The minimum atomic E-state index is -4.67. The summed E-state index contributed by atoms with van der Waals surface area (Å²) in [5, 5.41) is 10.4. The number of alkyl halides is 3. The van der Waals surface area contributed by atoms with Gasteiger partial charge in [0.2, 0.25) is 0 Å². The van der Waals surface area contributed by atoms with Crippen molar-refractivity contribution in [3.05, 3.63) is 29.8 Å². The maximum atomic E-state index is 12.0. The summed E-state index contributed by atoms with van der Waals surface area (Å²) in [5.41, 5.74) is 0.789. The molecule has 0 saturated carbocycles. The smallest absolute Gasteiger partial charge is 0.406 e. The third kappa shape index (κ3) is 7.05. The van der Waals surface area contributed by atoms with Crippen molar-refractivity contribution in [1.82, 2.24) is 0 Å². The van der Waals surface area contributed by atoms with Crippen LogP contribution >= 0.6 is 11.8 Å². The van der Waals surface area contributed by atoms with Gasteiger partial charge in [-0.25, -0.2) is 0 Å². The average Bonchev–Trinajstić information content (AvgIpc) is 2.36. The van der Waals surface area contributed by atoms with E-state index in [0.29, 0.717) is 17.4 Å². The predicted octanol–water partition coefficient (Wildman–Crippen LogP) is 4.02. The van der Waals surface area contributed by atoms with Crippen LogP contribution in [0.4, 0.5) is 13.2 Å². The molecule has 2 atom stereocenters. The minimum Gasteiger partial charge on any atom is -0.406 e. The second kappa shape index (κ2) is 7.78. The Morgan fingerprint density at radius 1 is 1.25 bits per heavy atom. The number of hydrogen-bond donors (Lipinski definition) is 1. The first-order valence-corrected chi connectivity index (χ1v) is 7.49. The van der Waals surface area contributed by atoms with E-state index < -0.39 is 12.5 Å². The van der Waals surface area contributed by atoms with Gasteiger partial charge in [0, 0.05) is 11.0 Å². The highest BCUT2D eigenvalue weighted by atomic mass is 32.2. The molecule has 0 aliphatic rings. The van der Waals surface area contributed by atoms with E-state index in [4.69, 9.17) is 0 Å². The van der Waals surface area contributed by atoms with Gasteiger partial charge >= 0.3 is 6.36 Å². The van der Waals surface area contributed by atoms with Gasteiger partial charge in [0.05, 0.1) is 6.10 Å². The standard InChI is InChI=1S/C14H19F3O2S/c1-3-10(2)20-9-12(18)8-11-4-6-13(7-5-11)19-14(15,16)17/h4-7,10,12,18H,3,8-9H2,1-2H3. The van der Waals surface area contributed by atoms with E-state index in [0.717, 1.165) is 12.0 Å². The summed E-state index contributed by atoms with van der Waals surface area (Å²) < 4.78 is 39.8. The van der Waals surface area contributed by atoms with Gasteiger partial charge in [-0.1, -0.05) is 26.0 Å². The molecular formula is C14H19F3O2S. The molecule has 0 fully saturated rings. The van der Waals surface area contributed by atoms with Crippen LogP contribution < -0.4 is 4.74 Å². The number of aliphatic hydroxyl groups excluding tert-OH is 1. The number of rotatable bonds is 7. The van der Waals surface area contributed by atoms with Crippen molar-refractivity contribution in [3.63, 3.8) is 0 Å². The van der Waals surface area contributed by atoms with Crippen molar-refractivity contribution in [2.45, 2.75) is 44.4 Å². The highest BCUT2D eigenvalue weighted by Gasteiger charge is 2.30. The Kier molecular flexibility index (Phi) is 6.68. The van der Waals surface area contributed by atoms with E-state index in [2.05, 4.69) is 18.6 Å². The van der Waals surface area contributed by atoms with Crippen LogP contribution in [-0.2, 0) is 6.42 Å². The molecule has 1 aromatic carbocycles. The van der Waals surface area contributed by atoms with Crippen LogP contribution in [0, 0.1) is 0 Å². The normalized spacial score (nSPS) is 14.9. The summed E-state index contributed by atoms with van der Waals surface area (Å²) in [6, 6.07) is 5.60. The molecule has 0 aliphatic carbocycles. The largest absolute Gasteiger partial charge is 0.573 e. The van der Waals surface area contributed by atoms with Gasteiger partial charge in [0.25, 0.3) is 0 Å². The Labute approximate surface area is 121 Å². The number of aliphatic hydroxyl groups is 1. The van der Waals surface area contributed by atoms with E-state index in [9.17, 15) is 18.3 Å². The van der Waals surface area contributed by atoms with Crippen LogP contribution in [0.3, 0.4) is 0 Å². The third-order valence-electron chi connectivity index (χ3n) is 2.78. The van der Waals surface area contributed by atoms with Crippen molar-refractivity contribution < 1.29 is 23.0 Å². The molecule has 1 rings (SSSR count). The van der Waals surface area contributed by atoms with Gasteiger partial charge in [-0.05, 0) is 30.5 Å². The molecule has 2 nitrogen and oxygen atoms in total. The molecule has 2 unspecified atom stereocenters. The van der Waals surface area contributed by atoms with E-state index in [-0.39, 0.29) is 5.75 Å². The minimum absolute atomic E-state index is 0.246. The molecule has 0 aliphatic heterocycles. The Hall–Kier alpha value is -0.880. The Morgan fingerprint density at radius 2 is 1.85 bits per heavy atom. The summed E-state index contributed by atoms with van der Waals surface area (Å²) in [6.45, 7) is 4.18. The average molecular weight is 308 g/mol. The lowest BCUT2D eigenvalue weighted by Gasteiger charge is -2.14. The van der Waals surface area contributed by atoms with Crippen LogP contribution in [0.1, 0.15) is 25.8 Å². The summed E-state index contributed by atoms with van der Waals surface area (Å²) in [7, 11) is 0. The number of halogens is 3. The SMILES string of the molecule is CCC(C)SCC(O)Cc1ccc(OC(F)(F)F)cc1. The molecule has 0 saturated heterocycles. The number of thioether (sulfide) groups is 1. The topological polar surface area (TPSA) is 29.5 Å². The lowest BCUT2D eigenvalue weighted by atomic mass is 10.1. The molecule has 0 spiro atoms. The third-order valence-corrected chi connectivity index (χ3v) is 4.26. The molecule has 20 heavy (non-hydrogen) atoms. The van der Waals surface area contributed by atoms with Gasteiger partial charge in [-0.2, -0.15) is 11.8 Å². The lowest BCUT2D eigenvalue weighted by molar-refractivity contribution is -0.274. The van der Waals surface area contributed by atoms with Gasteiger partial charge in [0.15, 0.2) is 0 Å². The van der Waals surface area contributed by atoms with Crippen molar-refractivity contribution >= 4 is 11.8 Å². The Morgan fingerprint density at radius 3 is 2.35 bits per heavy atom. The fourth-order valence-corrected chi connectivity index (χ4v) is 2.46. The maximum absolute atomic E-state index is 12.0. The van der Waals surface area contributed by atoms with E-state index in [1.807, 2.05) is 0 Å². The number of ether oxygens (including phenoxy) is 1. The summed E-state index contributed by atoms with van der Waals surface area (Å²) in [6.07, 6.45) is -3.70. The molecule has 0 radical (unpaired) electrons. The molecule has 1 aromatic rings. The first kappa shape index (κ1) is 17.2. The fourth-order valence-electron chi connectivity index (χ4n) is 1.55. The van der Waals surface area contributed by atoms with Gasteiger partial charge < -0.3 is 9.84 Å². The molecule has 114 valence electrons. The molecule has 0 amide bonds. The fraction of sp³-hybridized carbons (Fsp3) is 0.571. The molecule has 1 N–H and O–H groups in total. The van der Waals surface area contributed by atoms with Crippen molar-refractivity contribution in [2.24, 2.45) is 0 Å². The van der Waals surface area contributed by atoms with Crippen LogP contribution in [0.5, 0.6) is 5.75 Å². The maximum Gasteiger partial charge on any atom is 0.573 e. The van der Waals surface area contributed by atoms with E-state index in [1.54, 1.807) is 11.8 Å².